The molecule has 0 unspecified atom stereocenters. The molecule has 0 radical (unpaired) electrons. The highest BCUT2D eigenvalue weighted by molar-refractivity contribution is 6.30. The van der Waals surface area contributed by atoms with Gasteiger partial charge in [0.2, 0.25) is 0 Å². The minimum Gasteiger partial charge on any atom is -0.492 e. The number of hydrogen-bond acceptors (Lipinski definition) is 2. The van der Waals surface area contributed by atoms with Crippen LogP contribution in [0, 0.1) is 5.82 Å². The van der Waals surface area contributed by atoms with Gasteiger partial charge in [0.25, 0.3) is 0 Å². The van der Waals surface area contributed by atoms with E-state index in [-0.39, 0.29) is 18.5 Å². The number of anilines is 1. The first-order chi connectivity index (χ1) is 10.1. The van der Waals surface area contributed by atoms with Crippen molar-refractivity contribution >= 4 is 23.3 Å². The Labute approximate surface area is 126 Å². The second kappa shape index (κ2) is 7.50. The Morgan fingerprint density at radius 3 is 2.76 bits per heavy atom. The van der Waals surface area contributed by atoms with Crippen molar-refractivity contribution in [3.63, 3.8) is 0 Å². The number of ether oxygens (including phenoxy) is 1. The maximum Gasteiger partial charge on any atom is 0.319 e. The van der Waals surface area contributed by atoms with E-state index in [1.807, 2.05) is 0 Å². The number of halogens is 2. The van der Waals surface area contributed by atoms with Gasteiger partial charge in [0, 0.05) is 16.8 Å². The average molecular weight is 309 g/mol. The Morgan fingerprint density at radius 1 is 1.19 bits per heavy atom. The fourth-order valence-electron chi connectivity index (χ4n) is 1.63. The van der Waals surface area contributed by atoms with E-state index in [0.29, 0.717) is 23.0 Å². The van der Waals surface area contributed by atoms with Crippen molar-refractivity contribution in [2.75, 3.05) is 18.5 Å². The maximum atomic E-state index is 12.9. The number of rotatable bonds is 5. The van der Waals surface area contributed by atoms with E-state index in [9.17, 15) is 9.18 Å². The molecule has 0 bridgehead atoms. The van der Waals surface area contributed by atoms with Gasteiger partial charge in [-0.15, -0.1) is 0 Å². The first-order valence-corrected chi connectivity index (χ1v) is 6.70. The van der Waals surface area contributed by atoms with E-state index >= 15 is 0 Å². The van der Waals surface area contributed by atoms with E-state index in [2.05, 4.69) is 10.6 Å². The van der Waals surface area contributed by atoms with E-state index in [1.165, 1.54) is 12.1 Å². The molecule has 0 fully saturated rings. The summed E-state index contributed by atoms with van der Waals surface area (Å²) in [5, 5.41) is 5.81. The zero-order valence-corrected chi connectivity index (χ0v) is 11.9. The standard InChI is InChI=1S/C15H14ClFN2O2/c16-11-3-1-5-13(9-11)19-15(20)18-7-8-21-14-6-2-4-12(17)10-14/h1-6,9-10H,7-8H2,(H2,18,19,20). The summed E-state index contributed by atoms with van der Waals surface area (Å²) in [5.41, 5.74) is 0.603. The summed E-state index contributed by atoms with van der Waals surface area (Å²) in [6.07, 6.45) is 0. The lowest BCUT2D eigenvalue weighted by atomic mass is 10.3. The molecule has 2 rings (SSSR count). The monoisotopic (exact) mass is 308 g/mol. The number of carbonyl (C=O) groups is 1. The van der Waals surface area contributed by atoms with Gasteiger partial charge in [-0.3, -0.25) is 0 Å². The maximum absolute atomic E-state index is 12.9. The molecule has 6 heteroatoms. The lowest BCUT2D eigenvalue weighted by Crippen LogP contribution is -2.32. The third-order valence-corrected chi connectivity index (χ3v) is 2.77. The molecule has 0 saturated carbocycles. The SMILES string of the molecule is O=C(NCCOc1cccc(F)c1)Nc1cccc(Cl)c1. The fraction of sp³-hybridized carbons (Fsp3) is 0.133. The molecule has 0 heterocycles. The minimum absolute atomic E-state index is 0.242. The highest BCUT2D eigenvalue weighted by Crippen LogP contribution is 2.14. The van der Waals surface area contributed by atoms with E-state index in [4.69, 9.17) is 16.3 Å². The normalized spacial score (nSPS) is 10.0. The molecule has 4 nitrogen and oxygen atoms in total. The van der Waals surface area contributed by atoms with Gasteiger partial charge in [0.1, 0.15) is 18.2 Å². The molecule has 2 aromatic carbocycles. The van der Waals surface area contributed by atoms with Crippen LogP contribution >= 0.6 is 11.6 Å². The third kappa shape index (κ3) is 5.31. The third-order valence-electron chi connectivity index (χ3n) is 2.53. The van der Waals surface area contributed by atoms with Gasteiger partial charge in [-0.25, -0.2) is 9.18 Å². The van der Waals surface area contributed by atoms with Crippen LogP contribution in [0.15, 0.2) is 48.5 Å². The molecule has 0 saturated heterocycles. The Bertz CT molecular complexity index is 622. The first-order valence-electron chi connectivity index (χ1n) is 6.32. The van der Waals surface area contributed by atoms with Crippen LogP contribution in [0.1, 0.15) is 0 Å². The predicted molar refractivity (Wildman–Crippen MR) is 80.4 cm³/mol. The summed E-state index contributed by atoms with van der Waals surface area (Å²) in [6.45, 7) is 0.537. The number of carbonyl (C=O) groups excluding carboxylic acids is 1. The fourth-order valence-corrected chi connectivity index (χ4v) is 1.82. The van der Waals surface area contributed by atoms with Crippen LogP contribution in [0.25, 0.3) is 0 Å². The zero-order chi connectivity index (χ0) is 15.1. The molecule has 21 heavy (non-hydrogen) atoms. The summed E-state index contributed by atoms with van der Waals surface area (Å²) in [4.78, 5) is 11.6. The van der Waals surface area contributed by atoms with Gasteiger partial charge in [0.05, 0.1) is 6.54 Å². The van der Waals surface area contributed by atoms with Crippen molar-refractivity contribution in [1.82, 2.24) is 5.32 Å². The van der Waals surface area contributed by atoms with Gasteiger partial charge in [-0.05, 0) is 30.3 Å². The highest BCUT2D eigenvalue weighted by atomic mass is 35.5. The predicted octanol–water partition coefficient (Wildman–Crippen LogP) is 3.68. The summed E-state index contributed by atoms with van der Waals surface area (Å²) in [5.74, 6) is 0.0613. The summed E-state index contributed by atoms with van der Waals surface area (Å²) >= 11 is 5.81. The van der Waals surface area contributed by atoms with Crippen LogP contribution in [0.5, 0.6) is 5.75 Å². The smallest absolute Gasteiger partial charge is 0.319 e. The largest absolute Gasteiger partial charge is 0.492 e. The summed E-state index contributed by atoms with van der Waals surface area (Å²) < 4.78 is 18.2. The van der Waals surface area contributed by atoms with Crippen LogP contribution < -0.4 is 15.4 Å². The van der Waals surface area contributed by atoms with Crippen molar-refractivity contribution < 1.29 is 13.9 Å². The average Bonchev–Trinajstić information content (AvgIpc) is 2.44. The first kappa shape index (κ1) is 15.1. The molecular formula is C15H14ClFN2O2. The Hall–Kier alpha value is -2.27. The molecule has 110 valence electrons. The van der Waals surface area contributed by atoms with Crippen LogP contribution in [0.3, 0.4) is 0 Å². The quantitative estimate of drug-likeness (QED) is 0.828. The Kier molecular flexibility index (Phi) is 5.40. The Morgan fingerprint density at radius 2 is 2.00 bits per heavy atom. The van der Waals surface area contributed by atoms with Crippen LogP contribution in [-0.2, 0) is 0 Å². The number of nitrogens with one attached hydrogen (secondary N) is 2. The van der Waals surface area contributed by atoms with Crippen molar-refractivity contribution in [3.05, 3.63) is 59.4 Å². The molecule has 0 aliphatic carbocycles. The molecule has 0 spiro atoms. The molecule has 2 N–H and O–H groups in total. The van der Waals surface area contributed by atoms with E-state index in [1.54, 1.807) is 36.4 Å². The van der Waals surface area contributed by atoms with Crippen molar-refractivity contribution in [3.8, 4) is 5.75 Å². The molecule has 0 atom stereocenters. The van der Waals surface area contributed by atoms with Crippen molar-refractivity contribution in [2.24, 2.45) is 0 Å². The van der Waals surface area contributed by atoms with Crippen molar-refractivity contribution in [1.29, 1.82) is 0 Å². The summed E-state index contributed by atoms with van der Waals surface area (Å²) in [6, 6.07) is 12.3. The lowest BCUT2D eigenvalue weighted by Gasteiger charge is -2.09. The van der Waals surface area contributed by atoms with E-state index in [0.717, 1.165) is 0 Å². The topological polar surface area (TPSA) is 50.4 Å². The number of urea groups is 1. The van der Waals surface area contributed by atoms with Crippen LogP contribution in [0.4, 0.5) is 14.9 Å². The Balaban J connectivity index is 1.70. The van der Waals surface area contributed by atoms with Gasteiger partial charge < -0.3 is 15.4 Å². The summed E-state index contributed by atoms with van der Waals surface area (Å²) in [7, 11) is 0. The number of hydrogen-bond donors (Lipinski definition) is 2. The lowest BCUT2D eigenvalue weighted by molar-refractivity contribution is 0.247. The second-order valence-corrected chi connectivity index (χ2v) is 4.63. The van der Waals surface area contributed by atoms with Crippen LogP contribution in [-0.4, -0.2) is 19.2 Å². The number of benzene rings is 2. The zero-order valence-electron chi connectivity index (χ0n) is 11.1. The number of amides is 2. The molecular weight excluding hydrogens is 295 g/mol. The van der Waals surface area contributed by atoms with Crippen LogP contribution in [0.2, 0.25) is 5.02 Å². The van der Waals surface area contributed by atoms with E-state index < -0.39 is 0 Å². The van der Waals surface area contributed by atoms with Gasteiger partial charge in [-0.2, -0.15) is 0 Å². The molecule has 0 aliphatic rings. The minimum atomic E-state index is -0.362. The second-order valence-electron chi connectivity index (χ2n) is 4.20. The molecule has 2 aromatic rings. The molecule has 0 aromatic heterocycles. The van der Waals surface area contributed by atoms with Crippen molar-refractivity contribution in [2.45, 2.75) is 0 Å². The van der Waals surface area contributed by atoms with Gasteiger partial charge in [-0.1, -0.05) is 23.7 Å². The molecule has 0 aliphatic heterocycles. The van der Waals surface area contributed by atoms with Gasteiger partial charge in [0.15, 0.2) is 0 Å². The highest BCUT2D eigenvalue weighted by Gasteiger charge is 2.02. The van der Waals surface area contributed by atoms with Gasteiger partial charge >= 0.3 is 6.03 Å². The molecule has 2 amide bonds.